The Labute approximate surface area is 191 Å². The van der Waals surface area contributed by atoms with Crippen LogP contribution < -0.4 is 5.32 Å². The Kier molecular flexibility index (Phi) is 7.79. The molecule has 1 saturated heterocycles. The number of rotatable bonds is 4. The van der Waals surface area contributed by atoms with E-state index in [2.05, 4.69) is 10.3 Å². The predicted molar refractivity (Wildman–Crippen MR) is 116 cm³/mol. The number of sulfonamides is 1. The lowest BCUT2D eigenvalue weighted by atomic mass is 10.1. The maximum absolute atomic E-state index is 13.0. The third kappa shape index (κ3) is 5.16. The van der Waals surface area contributed by atoms with Crippen molar-refractivity contribution in [2.75, 3.05) is 32.0 Å². The lowest BCUT2D eigenvalue weighted by molar-refractivity contribution is -0.137. The van der Waals surface area contributed by atoms with Crippen LogP contribution in [0.3, 0.4) is 0 Å². The highest BCUT2D eigenvalue weighted by atomic mass is 35.5. The van der Waals surface area contributed by atoms with Crippen molar-refractivity contribution in [1.82, 2.24) is 14.2 Å². The zero-order valence-electron chi connectivity index (χ0n) is 17.7. The van der Waals surface area contributed by atoms with Gasteiger partial charge in [0.05, 0.1) is 16.0 Å². The van der Waals surface area contributed by atoms with Gasteiger partial charge in [-0.2, -0.15) is 17.5 Å². The summed E-state index contributed by atoms with van der Waals surface area (Å²) < 4.78 is 65.2. The van der Waals surface area contributed by atoms with E-state index >= 15 is 0 Å². The van der Waals surface area contributed by atoms with Gasteiger partial charge < -0.3 is 10.2 Å². The lowest BCUT2D eigenvalue weighted by Crippen LogP contribution is -2.55. The Morgan fingerprint density at radius 2 is 1.81 bits per heavy atom. The first kappa shape index (κ1) is 25.9. The van der Waals surface area contributed by atoms with Gasteiger partial charge in [0, 0.05) is 38.9 Å². The predicted octanol–water partition coefficient (Wildman–Crippen LogP) is 3.41. The lowest BCUT2D eigenvalue weighted by Gasteiger charge is -2.39. The van der Waals surface area contributed by atoms with Crippen LogP contribution in [-0.4, -0.2) is 61.2 Å². The maximum Gasteiger partial charge on any atom is 0.416 e. The van der Waals surface area contributed by atoms with Crippen LogP contribution in [-0.2, 0) is 16.2 Å². The molecule has 1 fully saturated rings. The van der Waals surface area contributed by atoms with Gasteiger partial charge in [-0.05, 0) is 49.7 Å². The largest absolute Gasteiger partial charge is 0.416 e. The molecule has 7 nitrogen and oxygen atoms in total. The molecule has 1 aromatic heterocycles. The van der Waals surface area contributed by atoms with Crippen molar-refractivity contribution in [3.05, 3.63) is 53.2 Å². The summed E-state index contributed by atoms with van der Waals surface area (Å²) in [6.45, 7) is 3.77. The van der Waals surface area contributed by atoms with E-state index in [4.69, 9.17) is 0 Å². The molecule has 1 atom stereocenters. The second kappa shape index (κ2) is 9.63. The average Bonchev–Trinajstić information content (AvgIpc) is 2.72. The molecule has 1 aliphatic heterocycles. The van der Waals surface area contributed by atoms with Crippen LogP contribution in [0.4, 0.5) is 19.0 Å². The monoisotopic (exact) mass is 492 g/mol. The van der Waals surface area contributed by atoms with Gasteiger partial charge >= 0.3 is 6.18 Å². The molecule has 0 spiro atoms. The minimum atomic E-state index is -4.54. The van der Waals surface area contributed by atoms with Crippen LogP contribution in [0.5, 0.6) is 0 Å². The summed E-state index contributed by atoms with van der Waals surface area (Å²) in [5.41, 5.74) is 0.268. The Balaban J connectivity index is 0.00000363. The molecule has 0 radical (unpaired) electrons. The summed E-state index contributed by atoms with van der Waals surface area (Å²) >= 11 is 0. The fourth-order valence-corrected chi connectivity index (χ4v) is 4.99. The van der Waals surface area contributed by atoms with Crippen LogP contribution >= 0.6 is 12.4 Å². The van der Waals surface area contributed by atoms with E-state index in [9.17, 15) is 26.4 Å². The van der Waals surface area contributed by atoms with Gasteiger partial charge in [0.25, 0.3) is 5.91 Å². The number of nitrogens with zero attached hydrogens (tertiary/aromatic N) is 3. The quantitative estimate of drug-likeness (QED) is 0.707. The number of pyridine rings is 1. The van der Waals surface area contributed by atoms with Gasteiger partial charge in [0.2, 0.25) is 10.0 Å². The molecule has 12 heteroatoms. The molecule has 176 valence electrons. The van der Waals surface area contributed by atoms with Gasteiger partial charge in [0.1, 0.15) is 5.82 Å². The number of benzene rings is 1. The molecule has 1 aliphatic rings. The highest BCUT2D eigenvalue weighted by Gasteiger charge is 2.36. The van der Waals surface area contributed by atoms with Crippen LogP contribution in [0.25, 0.3) is 0 Å². The Morgan fingerprint density at radius 1 is 1.19 bits per heavy atom. The summed E-state index contributed by atoms with van der Waals surface area (Å²) in [4.78, 5) is 18.5. The van der Waals surface area contributed by atoms with Crippen LogP contribution in [0.1, 0.15) is 28.4 Å². The first-order valence-electron chi connectivity index (χ1n) is 9.58. The number of nitrogens with one attached hydrogen (secondary N) is 1. The van der Waals surface area contributed by atoms with E-state index in [0.29, 0.717) is 11.4 Å². The summed E-state index contributed by atoms with van der Waals surface area (Å²) in [7, 11) is -2.26. The van der Waals surface area contributed by atoms with Crippen LogP contribution in [0, 0.1) is 6.92 Å². The maximum atomic E-state index is 13.0. The fourth-order valence-electron chi connectivity index (χ4n) is 3.48. The molecule has 3 rings (SSSR count). The fraction of sp³-hybridized carbons (Fsp3) is 0.400. The van der Waals surface area contributed by atoms with Crippen molar-refractivity contribution in [3.8, 4) is 0 Å². The summed E-state index contributed by atoms with van der Waals surface area (Å²) in [5.74, 6) is 0.390. The van der Waals surface area contributed by atoms with E-state index in [1.165, 1.54) is 10.5 Å². The molecule has 1 N–H and O–H groups in total. The van der Waals surface area contributed by atoms with Gasteiger partial charge in [-0.25, -0.2) is 13.4 Å². The third-order valence-electron chi connectivity index (χ3n) is 5.27. The Morgan fingerprint density at radius 3 is 2.31 bits per heavy atom. The van der Waals surface area contributed by atoms with Crippen molar-refractivity contribution in [3.63, 3.8) is 0 Å². The van der Waals surface area contributed by atoms with Crippen molar-refractivity contribution in [2.24, 2.45) is 0 Å². The topological polar surface area (TPSA) is 82.6 Å². The number of anilines is 1. The molecule has 2 heterocycles. The summed E-state index contributed by atoms with van der Waals surface area (Å²) in [5, 5.41) is 2.90. The molecule has 2 aromatic rings. The number of aromatic nitrogens is 1. The third-order valence-corrected chi connectivity index (χ3v) is 7.15. The molecule has 0 saturated carbocycles. The van der Waals surface area contributed by atoms with Gasteiger partial charge in [-0.3, -0.25) is 4.79 Å². The smallest absolute Gasteiger partial charge is 0.373 e. The van der Waals surface area contributed by atoms with Crippen LogP contribution in [0.15, 0.2) is 41.4 Å². The molecule has 32 heavy (non-hydrogen) atoms. The SMILES string of the molecule is CNc1cc(C)c(C(=O)N2CCN(S(=O)(=O)c3ccc(C(F)(F)F)cc3)C[C@@H]2C)cn1.Cl. The number of carbonyl (C=O) groups excluding carboxylic acids is 1. The summed E-state index contributed by atoms with van der Waals surface area (Å²) in [6, 6.07) is 4.75. The van der Waals surface area contributed by atoms with Crippen molar-refractivity contribution >= 4 is 34.2 Å². The number of piperazine rings is 1. The molecular weight excluding hydrogens is 469 g/mol. The Bertz CT molecular complexity index is 1080. The first-order valence-corrected chi connectivity index (χ1v) is 11.0. The van der Waals surface area contributed by atoms with Gasteiger partial charge in [-0.15, -0.1) is 12.4 Å². The number of carbonyl (C=O) groups is 1. The van der Waals surface area contributed by atoms with E-state index in [1.54, 1.807) is 31.9 Å². The minimum Gasteiger partial charge on any atom is -0.373 e. The van der Waals surface area contributed by atoms with E-state index in [0.717, 1.165) is 29.8 Å². The second-order valence-corrected chi connectivity index (χ2v) is 9.31. The zero-order chi connectivity index (χ0) is 23.0. The molecule has 1 amide bonds. The normalized spacial score (nSPS) is 17.6. The van der Waals surface area contributed by atoms with E-state index in [-0.39, 0.29) is 42.8 Å². The highest BCUT2D eigenvalue weighted by molar-refractivity contribution is 7.89. The van der Waals surface area contributed by atoms with Crippen molar-refractivity contribution < 1.29 is 26.4 Å². The molecular formula is C20H24ClF3N4O3S. The van der Waals surface area contributed by atoms with E-state index < -0.39 is 27.8 Å². The second-order valence-electron chi connectivity index (χ2n) is 7.37. The molecule has 0 aliphatic carbocycles. The number of halogens is 4. The molecule has 0 unspecified atom stereocenters. The number of hydrogen-bond donors (Lipinski definition) is 1. The van der Waals surface area contributed by atoms with Gasteiger partial charge in [0.15, 0.2) is 0 Å². The van der Waals surface area contributed by atoms with Crippen LogP contribution in [0.2, 0.25) is 0 Å². The number of alkyl halides is 3. The molecule has 0 bridgehead atoms. The zero-order valence-corrected chi connectivity index (χ0v) is 19.3. The number of amides is 1. The Hall–Kier alpha value is -2.37. The average molecular weight is 493 g/mol. The van der Waals surface area contributed by atoms with E-state index in [1.807, 2.05) is 0 Å². The van der Waals surface area contributed by atoms with Crippen molar-refractivity contribution in [1.29, 1.82) is 0 Å². The van der Waals surface area contributed by atoms with Gasteiger partial charge in [-0.1, -0.05) is 0 Å². The summed E-state index contributed by atoms with van der Waals surface area (Å²) in [6.07, 6.45) is -3.05. The standard InChI is InChI=1S/C20H23F3N4O3S.ClH/c1-13-10-18(24-3)25-11-17(13)19(28)27-9-8-26(12-14(27)2)31(29,30)16-6-4-15(5-7-16)20(21,22)23;/h4-7,10-11,14H,8-9,12H2,1-3H3,(H,24,25);1H/t14-;/m0./s1. The van der Waals surface area contributed by atoms with Crippen molar-refractivity contribution in [2.45, 2.75) is 31.0 Å². The number of aryl methyl sites for hydroxylation is 1. The molecule has 1 aromatic carbocycles. The highest BCUT2D eigenvalue weighted by Crippen LogP contribution is 2.30. The minimum absolute atomic E-state index is 0. The first-order chi connectivity index (χ1) is 14.4. The number of hydrogen-bond acceptors (Lipinski definition) is 5.